The summed E-state index contributed by atoms with van der Waals surface area (Å²) in [4.78, 5) is 0.0656. The largest absolute Gasteiger partial charge is 0.399 e. The minimum Gasteiger partial charge on any atom is -0.399 e. The third-order valence-electron chi connectivity index (χ3n) is 3.11. The number of benzene rings is 1. The zero-order valence-corrected chi connectivity index (χ0v) is 12.7. The van der Waals surface area contributed by atoms with Crippen molar-refractivity contribution in [1.29, 1.82) is 0 Å². The molecule has 0 aliphatic heterocycles. The highest BCUT2D eigenvalue weighted by molar-refractivity contribution is 7.89. The summed E-state index contributed by atoms with van der Waals surface area (Å²) in [5.74, 6) is 0. The lowest BCUT2D eigenvalue weighted by molar-refractivity contribution is -0.135. The third kappa shape index (κ3) is 5.55. The first kappa shape index (κ1) is 17.8. The van der Waals surface area contributed by atoms with Crippen LogP contribution in [-0.4, -0.2) is 21.1 Å². The maximum atomic E-state index is 12.1. The highest BCUT2D eigenvalue weighted by Crippen LogP contribution is 2.23. The topological polar surface area (TPSA) is 72.2 Å². The van der Waals surface area contributed by atoms with Gasteiger partial charge in [0.2, 0.25) is 10.0 Å². The predicted octanol–water partition coefficient (Wildman–Crippen LogP) is 2.90. The molecule has 0 unspecified atom stereocenters. The minimum absolute atomic E-state index is 0.0360. The second-order valence-electron chi connectivity index (χ2n) is 4.93. The van der Waals surface area contributed by atoms with Crippen LogP contribution in [0.3, 0.4) is 0 Å². The second kappa shape index (κ2) is 6.65. The van der Waals surface area contributed by atoms with Crippen LogP contribution in [0.5, 0.6) is 0 Å². The van der Waals surface area contributed by atoms with Gasteiger partial charge in [-0.15, -0.1) is 0 Å². The predicted molar refractivity (Wildman–Crippen MR) is 75.4 cm³/mol. The normalized spacial score (nSPS) is 12.6. The van der Waals surface area contributed by atoms with Crippen LogP contribution in [-0.2, 0) is 10.0 Å². The summed E-state index contributed by atoms with van der Waals surface area (Å²) in [6.45, 7) is 3.37. The van der Waals surface area contributed by atoms with Crippen LogP contribution in [0.1, 0.15) is 30.4 Å². The van der Waals surface area contributed by atoms with Gasteiger partial charge in [-0.2, -0.15) is 13.2 Å². The number of hydrogen-bond acceptors (Lipinski definition) is 3. The Bertz CT molecular complexity index is 598. The van der Waals surface area contributed by atoms with Crippen molar-refractivity contribution in [1.82, 2.24) is 4.72 Å². The lowest BCUT2D eigenvalue weighted by Crippen LogP contribution is -2.26. The number of nitrogens with one attached hydrogen (secondary N) is 1. The number of hydrogen-bond donors (Lipinski definition) is 2. The lowest BCUT2D eigenvalue weighted by Gasteiger charge is -2.12. The van der Waals surface area contributed by atoms with Crippen molar-refractivity contribution in [2.75, 3.05) is 12.3 Å². The van der Waals surface area contributed by atoms with Gasteiger partial charge >= 0.3 is 6.18 Å². The van der Waals surface area contributed by atoms with Crippen LogP contribution >= 0.6 is 0 Å². The van der Waals surface area contributed by atoms with E-state index in [0.717, 1.165) is 5.56 Å². The van der Waals surface area contributed by atoms with Crippen molar-refractivity contribution in [3.63, 3.8) is 0 Å². The molecule has 0 atom stereocenters. The zero-order chi connectivity index (χ0) is 16.3. The van der Waals surface area contributed by atoms with E-state index in [4.69, 9.17) is 5.73 Å². The van der Waals surface area contributed by atoms with Crippen LogP contribution < -0.4 is 10.5 Å². The summed E-state index contributed by atoms with van der Waals surface area (Å²) in [5.41, 5.74) is 7.28. The molecule has 0 aliphatic carbocycles. The lowest BCUT2D eigenvalue weighted by atomic mass is 10.1. The summed E-state index contributed by atoms with van der Waals surface area (Å²) in [7, 11) is -3.76. The SMILES string of the molecule is Cc1cc(N)cc(S(=O)(=O)NCCCCC(F)(F)F)c1C. The molecule has 0 fully saturated rings. The molecule has 0 heterocycles. The average molecular weight is 324 g/mol. The van der Waals surface area contributed by atoms with Gasteiger partial charge in [-0.1, -0.05) is 0 Å². The fourth-order valence-electron chi connectivity index (χ4n) is 1.87. The maximum Gasteiger partial charge on any atom is 0.389 e. The van der Waals surface area contributed by atoms with E-state index in [0.29, 0.717) is 11.3 Å². The van der Waals surface area contributed by atoms with Gasteiger partial charge in [0.1, 0.15) is 0 Å². The highest BCUT2D eigenvalue weighted by Gasteiger charge is 2.26. The highest BCUT2D eigenvalue weighted by atomic mass is 32.2. The average Bonchev–Trinajstić information content (AvgIpc) is 2.31. The number of anilines is 1. The summed E-state index contributed by atoms with van der Waals surface area (Å²) in [6, 6.07) is 3.01. The van der Waals surface area contributed by atoms with Crippen LogP contribution in [0.2, 0.25) is 0 Å². The fourth-order valence-corrected chi connectivity index (χ4v) is 3.29. The molecule has 8 heteroatoms. The van der Waals surface area contributed by atoms with Crippen molar-refractivity contribution in [2.45, 2.75) is 44.2 Å². The molecule has 0 radical (unpaired) electrons. The van der Waals surface area contributed by atoms with Gasteiger partial charge in [-0.05, 0) is 49.9 Å². The van der Waals surface area contributed by atoms with Crippen molar-refractivity contribution in [2.24, 2.45) is 0 Å². The molecule has 1 aromatic rings. The number of nitrogen functional groups attached to an aromatic ring is 1. The molecular weight excluding hydrogens is 305 g/mol. The summed E-state index contributed by atoms with van der Waals surface area (Å²) < 4.78 is 62.5. The van der Waals surface area contributed by atoms with Gasteiger partial charge in [-0.3, -0.25) is 0 Å². The molecule has 0 amide bonds. The minimum atomic E-state index is -4.21. The van der Waals surface area contributed by atoms with Crippen molar-refractivity contribution in [3.8, 4) is 0 Å². The van der Waals surface area contributed by atoms with Crippen molar-refractivity contribution < 1.29 is 21.6 Å². The molecule has 0 aromatic heterocycles. The van der Waals surface area contributed by atoms with Gasteiger partial charge in [0, 0.05) is 18.7 Å². The number of nitrogens with two attached hydrogens (primary N) is 1. The van der Waals surface area contributed by atoms with E-state index in [1.54, 1.807) is 19.9 Å². The standard InChI is InChI=1S/C13H19F3N2O2S/c1-9-7-11(17)8-12(10(9)2)21(19,20)18-6-4-3-5-13(14,15)16/h7-8,18H,3-6,17H2,1-2H3. The van der Waals surface area contributed by atoms with Crippen molar-refractivity contribution >= 4 is 15.7 Å². The van der Waals surface area contributed by atoms with E-state index < -0.39 is 22.6 Å². The second-order valence-corrected chi connectivity index (χ2v) is 6.67. The summed E-state index contributed by atoms with van der Waals surface area (Å²) in [5, 5.41) is 0. The molecule has 0 aliphatic rings. The Kier molecular flexibility index (Phi) is 5.63. The van der Waals surface area contributed by atoms with Crippen molar-refractivity contribution in [3.05, 3.63) is 23.3 Å². The number of unbranched alkanes of at least 4 members (excludes halogenated alkanes) is 1. The molecule has 0 saturated carbocycles. The Morgan fingerprint density at radius 3 is 2.38 bits per heavy atom. The van der Waals surface area contributed by atoms with Gasteiger partial charge in [0.15, 0.2) is 0 Å². The van der Waals surface area contributed by atoms with E-state index in [9.17, 15) is 21.6 Å². The molecule has 3 N–H and O–H groups in total. The molecule has 0 saturated heterocycles. The fraction of sp³-hybridized carbons (Fsp3) is 0.538. The molecule has 120 valence electrons. The van der Waals surface area contributed by atoms with Gasteiger partial charge in [0.25, 0.3) is 0 Å². The summed E-state index contributed by atoms with van der Waals surface area (Å²) >= 11 is 0. The maximum absolute atomic E-state index is 12.1. The molecule has 1 aromatic carbocycles. The Morgan fingerprint density at radius 1 is 1.19 bits per heavy atom. The van der Waals surface area contributed by atoms with Crippen LogP contribution in [0.25, 0.3) is 0 Å². The number of alkyl halides is 3. The number of aryl methyl sites for hydroxylation is 1. The number of rotatable bonds is 6. The van der Waals surface area contributed by atoms with E-state index in [2.05, 4.69) is 4.72 Å². The van der Waals surface area contributed by atoms with E-state index in [1.807, 2.05) is 0 Å². The molecule has 1 rings (SSSR count). The Balaban J connectivity index is 2.67. The van der Waals surface area contributed by atoms with Gasteiger partial charge in [0.05, 0.1) is 4.90 Å². The first-order chi connectivity index (χ1) is 9.53. The number of sulfonamides is 1. The molecule has 0 bridgehead atoms. The Hall–Kier alpha value is -1.28. The molecular formula is C13H19F3N2O2S. The Morgan fingerprint density at radius 2 is 1.81 bits per heavy atom. The van der Waals surface area contributed by atoms with Gasteiger partial charge < -0.3 is 5.73 Å². The molecule has 4 nitrogen and oxygen atoms in total. The van der Waals surface area contributed by atoms with Crippen LogP contribution in [0.4, 0.5) is 18.9 Å². The Labute approximate surface area is 122 Å². The number of halogens is 3. The zero-order valence-electron chi connectivity index (χ0n) is 11.9. The third-order valence-corrected chi connectivity index (χ3v) is 4.70. The monoisotopic (exact) mass is 324 g/mol. The summed E-state index contributed by atoms with van der Waals surface area (Å²) in [6.07, 6.45) is -5.11. The van der Waals surface area contributed by atoms with Crippen LogP contribution in [0, 0.1) is 13.8 Å². The van der Waals surface area contributed by atoms with E-state index in [1.165, 1.54) is 6.07 Å². The molecule has 0 spiro atoms. The first-order valence-corrected chi connectivity index (χ1v) is 7.94. The van der Waals surface area contributed by atoms with E-state index in [-0.39, 0.29) is 24.3 Å². The van der Waals surface area contributed by atoms with Gasteiger partial charge in [-0.25, -0.2) is 13.1 Å². The smallest absolute Gasteiger partial charge is 0.389 e. The molecule has 21 heavy (non-hydrogen) atoms. The first-order valence-electron chi connectivity index (χ1n) is 6.46. The van der Waals surface area contributed by atoms with Crippen LogP contribution in [0.15, 0.2) is 17.0 Å². The quantitative estimate of drug-likeness (QED) is 0.624. The van der Waals surface area contributed by atoms with E-state index >= 15 is 0 Å².